The molecule has 0 bridgehead atoms. The summed E-state index contributed by atoms with van der Waals surface area (Å²) in [6, 6.07) is 0. The molecule has 0 amide bonds. The standard InChI is InChI=1S/C11H16N2O3S/c1-12-8-10(13-5-3-2-4-6-13)17(16)9(12)7-11(14)15/h7-8H,2-6H2,1H3,(H,14,15). The molecule has 0 aromatic carbocycles. The molecule has 1 saturated heterocycles. The minimum Gasteiger partial charge on any atom is -0.478 e. The molecule has 2 aliphatic rings. The smallest absolute Gasteiger partial charge is 0.331 e. The zero-order valence-corrected chi connectivity index (χ0v) is 10.6. The lowest BCUT2D eigenvalue weighted by atomic mass is 10.1. The molecule has 0 spiro atoms. The van der Waals surface area contributed by atoms with Crippen molar-refractivity contribution in [3.8, 4) is 0 Å². The van der Waals surface area contributed by atoms with Crippen molar-refractivity contribution in [1.29, 1.82) is 0 Å². The van der Waals surface area contributed by atoms with Gasteiger partial charge in [-0.05, 0) is 19.3 Å². The van der Waals surface area contributed by atoms with Crippen LogP contribution in [-0.4, -0.2) is 45.2 Å². The van der Waals surface area contributed by atoms with Gasteiger partial charge in [0.1, 0.15) is 20.9 Å². The third-order valence-corrected chi connectivity index (χ3v) is 4.48. The first-order chi connectivity index (χ1) is 8.09. The van der Waals surface area contributed by atoms with Crippen molar-refractivity contribution in [3.63, 3.8) is 0 Å². The van der Waals surface area contributed by atoms with E-state index in [2.05, 4.69) is 4.90 Å². The van der Waals surface area contributed by atoms with Gasteiger partial charge in [-0.25, -0.2) is 9.00 Å². The Morgan fingerprint density at radius 2 is 2.06 bits per heavy atom. The summed E-state index contributed by atoms with van der Waals surface area (Å²) in [5.41, 5.74) is 0. The minimum atomic E-state index is -1.35. The summed E-state index contributed by atoms with van der Waals surface area (Å²) < 4.78 is 12.2. The van der Waals surface area contributed by atoms with Gasteiger partial charge >= 0.3 is 5.97 Å². The van der Waals surface area contributed by atoms with Crippen molar-refractivity contribution in [2.24, 2.45) is 0 Å². The summed E-state index contributed by atoms with van der Waals surface area (Å²) in [4.78, 5) is 14.4. The lowest BCUT2D eigenvalue weighted by Gasteiger charge is -2.28. The van der Waals surface area contributed by atoms with Crippen LogP contribution >= 0.6 is 0 Å². The van der Waals surface area contributed by atoms with Gasteiger partial charge < -0.3 is 14.9 Å². The highest BCUT2D eigenvalue weighted by molar-refractivity contribution is 7.93. The SMILES string of the molecule is CN1C=C(N2CCCCC2)S(=O)C1=CC(=O)O. The number of aliphatic carboxylic acids is 1. The first-order valence-corrected chi connectivity index (χ1v) is 6.80. The van der Waals surface area contributed by atoms with Crippen LogP contribution in [0.1, 0.15) is 19.3 Å². The number of hydrogen-bond donors (Lipinski definition) is 1. The van der Waals surface area contributed by atoms with Crippen LogP contribution < -0.4 is 0 Å². The van der Waals surface area contributed by atoms with Gasteiger partial charge in [-0.2, -0.15) is 0 Å². The number of carboxylic acid groups (broad SMARTS) is 1. The normalized spacial score (nSPS) is 27.5. The van der Waals surface area contributed by atoms with Crippen molar-refractivity contribution < 1.29 is 14.1 Å². The molecule has 0 radical (unpaired) electrons. The molecule has 0 aromatic heterocycles. The maximum absolute atomic E-state index is 12.2. The fraction of sp³-hybridized carbons (Fsp3) is 0.545. The minimum absolute atomic E-state index is 0.345. The van der Waals surface area contributed by atoms with Crippen LogP contribution in [0.4, 0.5) is 0 Å². The van der Waals surface area contributed by atoms with Crippen LogP contribution in [0.3, 0.4) is 0 Å². The Morgan fingerprint density at radius 1 is 1.41 bits per heavy atom. The molecule has 5 nitrogen and oxygen atoms in total. The van der Waals surface area contributed by atoms with Gasteiger partial charge in [-0.15, -0.1) is 0 Å². The average molecular weight is 256 g/mol. The van der Waals surface area contributed by atoms with E-state index in [1.165, 1.54) is 6.42 Å². The predicted octanol–water partition coefficient (Wildman–Crippen LogP) is 0.891. The van der Waals surface area contributed by atoms with Gasteiger partial charge in [0.15, 0.2) is 0 Å². The fourth-order valence-electron chi connectivity index (χ4n) is 2.09. The molecule has 1 atom stereocenters. The maximum Gasteiger partial charge on any atom is 0.331 e. The quantitative estimate of drug-likeness (QED) is 0.744. The number of likely N-dealkylation sites (tertiary alicyclic amines) is 1. The number of carbonyl (C=O) groups is 1. The Bertz CT molecular complexity index is 411. The van der Waals surface area contributed by atoms with Crippen LogP contribution in [0.5, 0.6) is 0 Å². The van der Waals surface area contributed by atoms with E-state index in [0.717, 1.165) is 37.0 Å². The van der Waals surface area contributed by atoms with Crippen LogP contribution in [0.2, 0.25) is 0 Å². The van der Waals surface area contributed by atoms with Gasteiger partial charge in [0, 0.05) is 26.3 Å². The molecule has 17 heavy (non-hydrogen) atoms. The molecular weight excluding hydrogens is 240 g/mol. The first kappa shape index (κ1) is 12.2. The lowest BCUT2D eigenvalue weighted by molar-refractivity contribution is -0.131. The Labute approximate surface area is 103 Å². The molecule has 94 valence electrons. The molecule has 1 unspecified atom stereocenters. The Balaban J connectivity index is 2.18. The molecule has 2 heterocycles. The van der Waals surface area contributed by atoms with Crippen molar-refractivity contribution in [1.82, 2.24) is 9.80 Å². The van der Waals surface area contributed by atoms with E-state index in [1.54, 1.807) is 18.1 Å². The number of nitrogens with zero attached hydrogens (tertiary/aromatic N) is 2. The summed E-state index contributed by atoms with van der Waals surface area (Å²) in [6.07, 6.45) is 6.22. The molecule has 1 fully saturated rings. The van der Waals surface area contributed by atoms with Crippen molar-refractivity contribution in [2.45, 2.75) is 19.3 Å². The predicted molar refractivity (Wildman–Crippen MR) is 65.1 cm³/mol. The van der Waals surface area contributed by atoms with E-state index in [1.807, 2.05) is 0 Å². The fourth-order valence-corrected chi connectivity index (χ4v) is 3.50. The second kappa shape index (κ2) is 4.91. The Hall–Kier alpha value is -1.30. The van der Waals surface area contributed by atoms with E-state index >= 15 is 0 Å². The van der Waals surface area contributed by atoms with Crippen LogP contribution in [0.25, 0.3) is 0 Å². The van der Waals surface area contributed by atoms with Crippen LogP contribution in [0, 0.1) is 0 Å². The van der Waals surface area contributed by atoms with E-state index in [9.17, 15) is 9.00 Å². The van der Waals surface area contributed by atoms with Gasteiger partial charge in [0.05, 0.1) is 6.08 Å². The molecule has 1 N–H and O–H groups in total. The van der Waals surface area contributed by atoms with E-state index in [0.29, 0.717) is 5.03 Å². The van der Waals surface area contributed by atoms with Crippen molar-refractivity contribution in [2.75, 3.05) is 20.1 Å². The summed E-state index contributed by atoms with van der Waals surface area (Å²) in [5.74, 6) is -1.06. The van der Waals surface area contributed by atoms with Crippen molar-refractivity contribution >= 4 is 16.8 Å². The average Bonchev–Trinajstić information content (AvgIpc) is 2.58. The largest absolute Gasteiger partial charge is 0.478 e. The third-order valence-electron chi connectivity index (χ3n) is 2.95. The Kier molecular flexibility index (Phi) is 3.51. The molecule has 2 aliphatic heterocycles. The zero-order valence-electron chi connectivity index (χ0n) is 9.76. The molecular formula is C11H16N2O3S. The monoisotopic (exact) mass is 256 g/mol. The van der Waals surface area contributed by atoms with Crippen LogP contribution in [-0.2, 0) is 15.6 Å². The molecule has 0 saturated carbocycles. The summed E-state index contributed by atoms with van der Waals surface area (Å²) in [5, 5.41) is 9.81. The number of carboxylic acids is 1. The van der Waals surface area contributed by atoms with E-state index in [4.69, 9.17) is 5.11 Å². The summed E-state index contributed by atoms with van der Waals surface area (Å²) in [6.45, 7) is 1.82. The van der Waals surface area contributed by atoms with Gasteiger partial charge in [0.2, 0.25) is 0 Å². The highest BCUT2D eigenvalue weighted by Crippen LogP contribution is 2.28. The topological polar surface area (TPSA) is 60.9 Å². The third kappa shape index (κ3) is 2.52. The van der Waals surface area contributed by atoms with Gasteiger partial charge in [0.25, 0.3) is 0 Å². The number of rotatable bonds is 2. The molecule has 0 aromatic rings. The van der Waals surface area contributed by atoms with Crippen molar-refractivity contribution in [3.05, 3.63) is 22.3 Å². The molecule has 6 heteroatoms. The molecule has 2 rings (SSSR count). The number of hydrogen-bond acceptors (Lipinski definition) is 4. The highest BCUT2D eigenvalue weighted by atomic mass is 32.2. The highest BCUT2D eigenvalue weighted by Gasteiger charge is 2.29. The first-order valence-electron chi connectivity index (χ1n) is 5.65. The van der Waals surface area contributed by atoms with Crippen LogP contribution in [0.15, 0.2) is 22.3 Å². The lowest BCUT2D eigenvalue weighted by Crippen LogP contribution is -2.29. The maximum atomic E-state index is 12.2. The second-order valence-electron chi connectivity index (χ2n) is 4.22. The van der Waals surface area contributed by atoms with E-state index in [-0.39, 0.29) is 0 Å². The molecule has 0 aliphatic carbocycles. The van der Waals surface area contributed by atoms with E-state index < -0.39 is 16.8 Å². The second-order valence-corrected chi connectivity index (χ2v) is 5.59. The Morgan fingerprint density at radius 3 is 2.65 bits per heavy atom. The van der Waals surface area contributed by atoms with Gasteiger partial charge in [-0.3, -0.25) is 0 Å². The summed E-state index contributed by atoms with van der Waals surface area (Å²) in [7, 11) is 0.372. The van der Waals surface area contributed by atoms with Gasteiger partial charge in [-0.1, -0.05) is 0 Å². The zero-order chi connectivity index (χ0) is 12.4. The number of piperidine rings is 1. The summed E-state index contributed by atoms with van der Waals surface area (Å²) >= 11 is 0.